The zero-order chi connectivity index (χ0) is 22.7. The number of para-hydroxylation sites is 1. The van der Waals surface area contributed by atoms with Crippen molar-refractivity contribution in [2.45, 2.75) is 39.2 Å². The van der Waals surface area contributed by atoms with Crippen molar-refractivity contribution in [2.75, 3.05) is 6.54 Å². The molecule has 1 heterocycles. The van der Waals surface area contributed by atoms with E-state index in [0.717, 1.165) is 33.5 Å². The van der Waals surface area contributed by atoms with Gasteiger partial charge < -0.3 is 9.88 Å². The maximum absolute atomic E-state index is 13.6. The molecule has 0 saturated heterocycles. The van der Waals surface area contributed by atoms with E-state index in [0.29, 0.717) is 18.7 Å². The van der Waals surface area contributed by atoms with Crippen LogP contribution in [-0.2, 0) is 18.4 Å². The molecule has 164 valence electrons. The van der Waals surface area contributed by atoms with Crippen molar-refractivity contribution < 1.29 is 4.79 Å². The van der Waals surface area contributed by atoms with Gasteiger partial charge in [-0.2, -0.15) is 0 Å². The van der Waals surface area contributed by atoms with E-state index in [1.807, 2.05) is 59.6 Å². The van der Waals surface area contributed by atoms with Gasteiger partial charge in [-0.25, -0.2) is 0 Å². The fourth-order valence-corrected chi connectivity index (χ4v) is 4.06. The second-order valence-electron chi connectivity index (χ2n) is 9.30. The normalized spacial score (nSPS) is 11.6. The number of benzene rings is 3. The number of H-pyrrole nitrogens is 1. The summed E-state index contributed by atoms with van der Waals surface area (Å²) in [5.74, 6) is 0.0342. The van der Waals surface area contributed by atoms with Crippen LogP contribution >= 0.6 is 11.6 Å². The van der Waals surface area contributed by atoms with Crippen molar-refractivity contribution in [2.24, 2.45) is 0 Å². The minimum absolute atomic E-state index is 0.0342. The van der Waals surface area contributed by atoms with Gasteiger partial charge in [0.2, 0.25) is 0 Å². The van der Waals surface area contributed by atoms with E-state index >= 15 is 0 Å². The average Bonchev–Trinajstić information content (AvgIpc) is 3.26. The van der Waals surface area contributed by atoms with Gasteiger partial charge >= 0.3 is 0 Å². The molecule has 4 heteroatoms. The number of aromatic nitrogens is 1. The highest BCUT2D eigenvalue weighted by Gasteiger charge is 2.20. The summed E-state index contributed by atoms with van der Waals surface area (Å²) in [4.78, 5) is 18.8. The van der Waals surface area contributed by atoms with Crippen LogP contribution in [0.4, 0.5) is 0 Å². The molecule has 0 unspecified atom stereocenters. The Bertz CT molecular complexity index is 1200. The molecule has 0 aliphatic rings. The first kappa shape index (κ1) is 22.2. The molecular weight excluding hydrogens is 416 g/mol. The Balaban J connectivity index is 1.60. The Kier molecular flexibility index (Phi) is 6.38. The van der Waals surface area contributed by atoms with Crippen LogP contribution in [0.3, 0.4) is 0 Å². The third-order valence-electron chi connectivity index (χ3n) is 5.88. The molecule has 0 bridgehead atoms. The molecule has 3 nitrogen and oxygen atoms in total. The summed E-state index contributed by atoms with van der Waals surface area (Å²) in [5.41, 5.74) is 5.27. The number of hydrogen-bond acceptors (Lipinski definition) is 1. The van der Waals surface area contributed by atoms with Gasteiger partial charge in [-0.3, -0.25) is 4.79 Å². The molecule has 4 aromatic rings. The summed E-state index contributed by atoms with van der Waals surface area (Å²) < 4.78 is 0. The molecule has 1 amide bonds. The molecule has 0 spiro atoms. The van der Waals surface area contributed by atoms with E-state index in [-0.39, 0.29) is 11.3 Å². The summed E-state index contributed by atoms with van der Waals surface area (Å²) in [7, 11) is 0. The molecule has 3 aromatic carbocycles. The molecule has 0 radical (unpaired) electrons. The number of fused-ring (bicyclic) bond motifs is 1. The second-order valence-corrected chi connectivity index (χ2v) is 9.73. The summed E-state index contributed by atoms with van der Waals surface area (Å²) in [6.07, 6.45) is 2.65. The molecule has 0 fully saturated rings. The fraction of sp³-hybridized carbons (Fsp3) is 0.250. The van der Waals surface area contributed by atoms with E-state index in [4.69, 9.17) is 11.6 Å². The fourth-order valence-electron chi connectivity index (χ4n) is 3.93. The SMILES string of the molecule is CC(C)(C)c1ccc(CN(CCc2ccc(Cl)cc2)C(=O)c2cccc3cc[nH]c23)cc1. The number of rotatable bonds is 6. The maximum atomic E-state index is 13.6. The van der Waals surface area contributed by atoms with Crippen molar-refractivity contribution in [3.8, 4) is 0 Å². The lowest BCUT2D eigenvalue weighted by molar-refractivity contribution is 0.0747. The quantitative estimate of drug-likeness (QED) is 0.341. The van der Waals surface area contributed by atoms with Gasteiger partial charge in [0.1, 0.15) is 0 Å². The van der Waals surface area contributed by atoms with Crippen molar-refractivity contribution in [1.82, 2.24) is 9.88 Å². The highest BCUT2D eigenvalue weighted by atomic mass is 35.5. The number of aromatic amines is 1. The van der Waals surface area contributed by atoms with Crippen molar-refractivity contribution in [3.63, 3.8) is 0 Å². The standard InChI is InChI=1S/C28H29ClN2O/c1-28(2,3)23-11-7-21(8-12-23)19-31(18-16-20-9-13-24(29)14-10-20)27(32)25-6-4-5-22-15-17-30-26(22)25/h4-15,17,30H,16,18-19H2,1-3H3. The van der Waals surface area contributed by atoms with E-state index in [1.165, 1.54) is 5.56 Å². The maximum Gasteiger partial charge on any atom is 0.256 e. The van der Waals surface area contributed by atoms with E-state index < -0.39 is 0 Å². The number of amides is 1. The molecule has 32 heavy (non-hydrogen) atoms. The topological polar surface area (TPSA) is 36.1 Å². The lowest BCUT2D eigenvalue weighted by Gasteiger charge is -2.24. The number of halogens is 1. The number of carbonyl (C=O) groups is 1. The monoisotopic (exact) mass is 444 g/mol. The molecule has 0 saturated carbocycles. The van der Waals surface area contributed by atoms with Crippen LogP contribution in [0.2, 0.25) is 5.02 Å². The third-order valence-corrected chi connectivity index (χ3v) is 6.13. The zero-order valence-electron chi connectivity index (χ0n) is 18.9. The second kappa shape index (κ2) is 9.22. The van der Waals surface area contributed by atoms with Gasteiger partial charge in [-0.05, 0) is 52.8 Å². The van der Waals surface area contributed by atoms with E-state index in [2.05, 4.69) is 50.0 Å². The Morgan fingerprint density at radius 1 is 0.906 bits per heavy atom. The van der Waals surface area contributed by atoms with Gasteiger partial charge in [0.05, 0.1) is 11.1 Å². The summed E-state index contributed by atoms with van der Waals surface area (Å²) in [6, 6.07) is 24.3. The number of carbonyl (C=O) groups excluding carboxylic acids is 1. The van der Waals surface area contributed by atoms with Crippen LogP contribution in [0.5, 0.6) is 0 Å². The molecule has 0 atom stereocenters. The predicted octanol–water partition coefficient (Wildman–Crippen LogP) is 7.00. The first-order chi connectivity index (χ1) is 15.3. The lowest BCUT2D eigenvalue weighted by atomic mass is 9.87. The Morgan fingerprint density at radius 3 is 2.28 bits per heavy atom. The molecule has 1 N–H and O–H groups in total. The van der Waals surface area contributed by atoms with Crippen molar-refractivity contribution >= 4 is 28.4 Å². The molecule has 0 aliphatic carbocycles. The third kappa shape index (κ3) is 5.05. The predicted molar refractivity (Wildman–Crippen MR) is 133 cm³/mol. The van der Waals surface area contributed by atoms with Crippen molar-refractivity contribution in [1.29, 1.82) is 0 Å². The molecule has 1 aromatic heterocycles. The van der Waals surface area contributed by atoms with E-state index in [1.54, 1.807) is 0 Å². The largest absolute Gasteiger partial charge is 0.361 e. The minimum Gasteiger partial charge on any atom is -0.361 e. The summed E-state index contributed by atoms with van der Waals surface area (Å²) in [5, 5.41) is 1.77. The first-order valence-corrected chi connectivity index (χ1v) is 11.4. The zero-order valence-corrected chi connectivity index (χ0v) is 19.6. The minimum atomic E-state index is 0.0342. The smallest absolute Gasteiger partial charge is 0.256 e. The van der Waals surface area contributed by atoms with Crippen LogP contribution in [0.1, 0.15) is 47.8 Å². The Hall–Kier alpha value is -3.04. The van der Waals surface area contributed by atoms with Gasteiger partial charge in [-0.1, -0.05) is 80.9 Å². The number of nitrogens with zero attached hydrogens (tertiary/aromatic N) is 1. The van der Waals surface area contributed by atoms with Crippen LogP contribution in [0.15, 0.2) is 79.0 Å². The Morgan fingerprint density at radius 2 is 1.59 bits per heavy atom. The lowest BCUT2D eigenvalue weighted by Crippen LogP contribution is -2.32. The number of nitrogens with one attached hydrogen (secondary N) is 1. The van der Waals surface area contributed by atoms with Gasteiger partial charge in [0.15, 0.2) is 0 Å². The van der Waals surface area contributed by atoms with Gasteiger partial charge in [0.25, 0.3) is 5.91 Å². The summed E-state index contributed by atoms with van der Waals surface area (Å²) >= 11 is 6.03. The van der Waals surface area contributed by atoms with Crippen molar-refractivity contribution in [3.05, 3.63) is 106 Å². The average molecular weight is 445 g/mol. The van der Waals surface area contributed by atoms with Crippen LogP contribution in [0.25, 0.3) is 10.9 Å². The number of hydrogen-bond donors (Lipinski definition) is 1. The molecule has 0 aliphatic heterocycles. The summed E-state index contributed by atoms with van der Waals surface area (Å²) in [6.45, 7) is 7.81. The van der Waals surface area contributed by atoms with Gasteiger partial charge in [-0.15, -0.1) is 0 Å². The Labute approximate surface area is 195 Å². The van der Waals surface area contributed by atoms with E-state index in [9.17, 15) is 4.79 Å². The highest BCUT2D eigenvalue weighted by molar-refractivity contribution is 6.30. The highest BCUT2D eigenvalue weighted by Crippen LogP contribution is 2.24. The van der Waals surface area contributed by atoms with Crippen LogP contribution in [0, 0.1) is 0 Å². The van der Waals surface area contributed by atoms with Crippen LogP contribution < -0.4 is 0 Å². The van der Waals surface area contributed by atoms with Crippen LogP contribution in [-0.4, -0.2) is 22.3 Å². The molecule has 4 rings (SSSR count). The van der Waals surface area contributed by atoms with Gasteiger partial charge in [0, 0.05) is 29.7 Å². The molecular formula is C28H29ClN2O. The first-order valence-electron chi connectivity index (χ1n) is 11.0.